The van der Waals surface area contributed by atoms with Crippen LogP contribution in [0, 0.1) is 0 Å². The lowest BCUT2D eigenvalue weighted by molar-refractivity contribution is 0.266. The van der Waals surface area contributed by atoms with Crippen LogP contribution in [0.15, 0.2) is 18.2 Å². The van der Waals surface area contributed by atoms with Crippen LogP contribution in [0.25, 0.3) is 0 Å². The first-order chi connectivity index (χ1) is 7.81. The third-order valence-corrected chi connectivity index (χ3v) is 2.99. The molecule has 16 heavy (non-hydrogen) atoms. The number of hydrogen-bond donors (Lipinski definition) is 1. The average Bonchev–Trinajstić information content (AvgIpc) is 2.34. The second-order valence-electron chi connectivity index (χ2n) is 3.18. The zero-order chi connectivity index (χ0) is 11.8. The molecule has 90 valence electrons. The van der Waals surface area contributed by atoms with Crippen LogP contribution >= 0.6 is 11.8 Å². The van der Waals surface area contributed by atoms with Crippen LogP contribution in [0.3, 0.4) is 0 Å². The minimum absolute atomic E-state index is 0.0343. The van der Waals surface area contributed by atoms with Gasteiger partial charge in [-0.15, -0.1) is 0 Å². The highest BCUT2D eigenvalue weighted by molar-refractivity contribution is 7.99. The first-order valence-electron chi connectivity index (χ1n) is 5.30. The number of aliphatic hydroxyl groups excluding tert-OH is 1. The highest BCUT2D eigenvalue weighted by Crippen LogP contribution is 2.24. The highest BCUT2D eigenvalue weighted by Gasteiger charge is 2.04. The Hall–Kier alpha value is -0.870. The lowest BCUT2D eigenvalue weighted by Gasteiger charge is -2.11. The first-order valence-corrected chi connectivity index (χ1v) is 6.45. The first kappa shape index (κ1) is 13.2. The van der Waals surface area contributed by atoms with Crippen LogP contribution in [-0.4, -0.2) is 30.3 Å². The normalized spacial score (nSPS) is 10.2. The molecule has 1 rings (SSSR count). The Bertz CT molecular complexity index is 315. The predicted molar refractivity (Wildman–Crippen MR) is 67.4 cm³/mol. The fraction of sp³-hybridized carbons (Fsp3) is 0.500. The summed E-state index contributed by atoms with van der Waals surface area (Å²) < 4.78 is 10.7. The van der Waals surface area contributed by atoms with Gasteiger partial charge in [-0.2, -0.15) is 11.8 Å². The molecule has 0 amide bonds. The van der Waals surface area contributed by atoms with Gasteiger partial charge < -0.3 is 14.6 Å². The summed E-state index contributed by atoms with van der Waals surface area (Å²) in [5.41, 5.74) is 0.765. The van der Waals surface area contributed by atoms with Gasteiger partial charge in [0.1, 0.15) is 11.5 Å². The summed E-state index contributed by atoms with van der Waals surface area (Å²) in [5, 5.41) is 9.20. The van der Waals surface area contributed by atoms with Crippen LogP contribution in [0.2, 0.25) is 0 Å². The molecule has 4 heteroatoms. The molecule has 0 atom stereocenters. The van der Waals surface area contributed by atoms with Gasteiger partial charge in [0.2, 0.25) is 0 Å². The number of benzene rings is 1. The Morgan fingerprint density at radius 1 is 1.38 bits per heavy atom. The molecular weight excluding hydrogens is 224 g/mol. The van der Waals surface area contributed by atoms with Crippen LogP contribution < -0.4 is 9.47 Å². The third kappa shape index (κ3) is 3.94. The summed E-state index contributed by atoms with van der Waals surface area (Å²) in [6.07, 6.45) is 0. The fourth-order valence-corrected chi connectivity index (χ4v) is 1.79. The zero-order valence-electron chi connectivity index (χ0n) is 9.73. The van der Waals surface area contributed by atoms with Crippen molar-refractivity contribution in [3.63, 3.8) is 0 Å². The SMILES string of the molecule is CCSCCOc1ccc(OC)cc1CO. The molecule has 0 aromatic heterocycles. The van der Waals surface area contributed by atoms with Gasteiger partial charge in [-0.25, -0.2) is 0 Å². The van der Waals surface area contributed by atoms with Gasteiger partial charge in [-0.05, 0) is 24.0 Å². The van der Waals surface area contributed by atoms with E-state index < -0.39 is 0 Å². The van der Waals surface area contributed by atoms with Crippen molar-refractivity contribution in [2.75, 3.05) is 25.2 Å². The number of thioether (sulfide) groups is 1. The van der Waals surface area contributed by atoms with E-state index in [2.05, 4.69) is 6.92 Å². The quantitative estimate of drug-likeness (QED) is 0.745. The van der Waals surface area contributed by atoms with Crippen molar-refractivity contribution >= 4 is 11.8 Å². The van der Waals surface area contributed by atoms with Crippen LogP contribution in [0.4, 0.5) is 0 Å². The predicted octanol–water partition coefficient (Wildman–Crippen LogP) is 2.32. The maximum Gasteiger partial charge on any atom is 0.125 e. The molecule has 0 saturated carbocycles. The Morgan fingerprint density at radius 3 is 2.81 bits per heavy atom. The molecular formula is C12H18O3S. The lowest BCUT2D eigenvalue weighted by Crippen LogP contribution is -2.03. The third-order valence-electron chi connectivity index (χ3n) is 2.13. The number of ether oxygens (including phenoxy) is 2. The summed E-state index contributed by atoms with van der Waals surface area (Å²) >= 11 is 1.84. The smallest absolute Gasteiger partial charge is 0.125 e. The Morgan fingerprint density at radius 2 is 2.19 bits per heavy atom. The molecule has 0 aliphatic heterocycles. The van der Waals surface area contributed by atoms with Crippen LogP contribution in [0.1, 0.15) is 12.5 Å². The van der Waals surface area contributed by atoms with Crippen molar-refractivity contribution in [1.29, 1.82) is 0 Å². The second-order valence-corrected chi connectivity index (χ2v) is 4.57. The van der Waals surface area contributed by atoms with E-state index in [0.717, 1.165) is 28.6 Å². The molecule has 1 aromatic carbocycles. The van der Waals surface area contributed by atoms with Crippen molar-refractivity contribution in [2.45, 2.75) is 13.5 Å². The minimum Gasteiger partial charge on any atom is -0.497 e. The van der Waals surface area contributed by atoms with E-state index in [1.807, 2.05) is 23.9 Å². The van der Waals surface area contributed by atoms with E-state index >= 15 is 0 Å². The molecule has 3 nitrogen and oxygen atoms in total. The minimum atomic E-state index is -0.0343. The Kier molecular flexibility index (Phi) is 6.11. The molecule has 1 aromatic rings. The number of methoxy groups -OCH3 is 1. The number of rotatable bonds is 7. The zero-order valence-corrected chi connectivity index (χ0v) is 10.5. The molecule has 0 radical (unpaired) electrons. The van der Waals surface area contributed by atoms with Gasteiger partial charge in [0.05, 0.1) is 20.3 Å². The summed E-state index contributed by atoms with van der Waals surface area (Å²) in [6.45, 7) is 2.75. The summed E-state index contributed by atoms with van der Waals surface area (Å²) in [5.74, 6) is 3.53. The van der Waals surface area contributed by atoms with E-state index in [0.29, 0.717) is 6.61 Å². The second kappa shape index (κ2) is 7.41. The van der Waals surface area contributed by atoms with Crippen molar-refractivity contribution in [2.24, 2.45) is 0 Å². The topological polar surface area (TPSA) is 38.7 Å². The van der Waals surface area contributed by atoms with E-state index in [1.165, 1.54) is 0 Å². The molecule has 0 saturated heterocycles. The monoisotopic (exact) mass is 242 g/mol. The molecule has 1 N–H and O–H groups in total. The highest BCUT2D eigenvalue weighted by atomic mass is 32.2. The average molecular weight is 242 g/mol. The Labute approximate surface area is 101 Å². The maximum absolute atomic E-state index is 9.20. The summed E-state index contributed by atoms with van der Waals surface area (Å²) in [7, 11) is 1.61. The molecule has 0 fully saturated rings. The van der Waals surface area contributed by atoms with Gasteiger partial charge in [0.15, 0.2) is 0 Å². The van der Waals surface area contributed by atoms with Crippen LogP contribution in [0.5, 0.6) is 11.5 Å². The van der Waals surface area contributed by atoms with Gasteiger partial charge >= 0.3 is 0 Å². The molecule has 0 aliphatic carbocycles. The van der Waals surface area contributed by atoms with Crippen molar-refractivity contribution in [3.05, 3.63) is 23.8 Å². The summed E-state index contributed by atoms with van der Waals surface area (Å²) in [4.78, 5) is 0. The van der Waals surface area contributed by atoms with Crippen molar-refractivity contribution < 1.29 is 14.6 Å². The van der Waals surface area contributed by atoms with E-state index in [-0.39, 0.29) is 6.61 Å². The molecule has 0 unspecified atom stereocenters. The Balaban J connectivity index is 2.57. The lowest BCUT2D eigenvalue weighted by atomic mass is 10.2. The molecule has 0 bridgehead atoms. The molecule has 0 aliphatic rings. The molecule has 0 heterocycles. The van der Waals surface area contributed by atoms with E-state index in [4.69, 9.17) is 9.47 Å². The van der Waals surface area contributed by atoms with Crippen molar-refractivity contribution in [3.8, 4) is 11.5 Å². The van der Waals surface area contributed by atoms with Gasteiger partial charge in [0, 0.05) is 11.3 Å². The summed E-state index contributed by atoms with van der Waals surface area (Å²) in [6, 6.07) is 5.46. The largest absolute Gasteiger partial charge is 0.497 e. The number of aliphatic hydroxyl groups is 1. The van der Waals surface area contributed by atoms with Crippen molar-refractivity contribution in [1.82, 2.24) is 0 Å². The van der Waals surface area contributed by atoms with Crippen LogP contribution in [-0.2, 0) is 6.61 Å². The fourth-order valence-electron chi connectivity index (χ4n) is 1.30. The van der Waals surface area contributed by atoms with Gasteiger partial charge in [0.25, 0.3) is 0 Å². The maximum atomic E-state index is 9.20. The van der Waals surface area contributed by atoms with Gasteiger partial charge in [-0.3, -0.25) is 0 Å². The molecule has 0 spiro atoms. The standard InChI is InChI=1S/C12H18O3S/c1-3-16-7-6-15-12-5-4-11(14-2)8-10(12)9-13/h4-5,8,13H,3,6-7,9H2,1-2H3. The van der Waals surface area contributed by atoms with E-state index in [9.17, 15) is 5.11 Å². The van der Waals surface area contributed by atoms with Gasteiger partial charge in [-0.1, -0.05) is 6.92 Å². The van der Waals surface area contributed by atoms with E-state index in [1.54, 1.807) is 13.2 Å². The number of hydrogen-bond acceptors (Lipinski definition) is 4.